The molecule has 34 heavy (non-hydrogen) atoms. The molecule has 178 valence electrons. The number of hydrogen-bond donors (Lipinski definition) is 2. The molecule has 5 heterocycles. The van der Waals surface area contributed by atoms with Crippen LogP contribution in [0.2, 0.25) is 0 Å². The second-order valence-corrected chi connectivity index (χ2v) is 9.31. The van der Waals surface area contributed by atoms with Gasteiger partial charge in [-0.2, -0.15) is 0 Å². The number of thioether (sulfide) groups is 1. The van der Waals surface area contributed by atoms with Crippen molar-refractivity contribution in [2.24, 2.45) is 0 Å². The number of anilines is 1. The molecule has 9 nitrogen and oxygen atoms in total. The van der Waals surface area contributed by atoms with Gasteiger partial charge in [0.25, 0.3) is 5.56 Å². The van der Waals surface area contributed by atoms with E-state index in [4.69, 9.17) is 4.74 Å². The zero-order valence-corrected chi connectivity index (χ0v) is 19.3. The van der Waals surface area contributed by atoms with E-state index < -0.39 is 5.82 Å². The van der Waals surface area contributed by atoms with Gasteiger partial charge in [-0.25, -0.2) is 9.37 Å². The van der Waals surface area contributed by atoms with Crippen molar-refractivity contribution < 1.29 is 13.9 Å². The number of aromatic nitrogens is 3. The highest BCUT2D eigenvalue weighted by Crippen LogP contribution is 2.29. The fourth-order valence-electron chi connectivity index (χ4n) is 4.19. The van der Waals surface area contributed by atoms with Crippen LogP contribution in [0.5, 0.6) is 0 Å². The van der Waals surface area contributed by atoms with Crippen molar-refractivity contribution in [2.45, 2.75) is 24.1 Å². The number of pyridine rings is 3. The van der Waals surface area contributed by atoms with Crippen molar-refractivity contribution in [1.82, 2.24) is 24.8 Å². The first-order valence-electron chi connectivity index (χ1n) is 11.2. The molecule has 1 atom stereocenters. The third kappa shape index (κ3) is 5.27. The van der Waals surface area contributed by atoms with Crippen LogP contribution < -0.4 is 16.2 Å². The van der Waals surface area contributed by atoms with Gasteiger partial charge in [0.05, 0.1) is 46.3 Å². The molecule has 0 spiro atoms. The summed E-state index contributed by atoms with van der Waals surface area (Å²) in [6.45, 7) is 4.42. The Bertz CT molecular complexity index is 1270. The number of amides is 1. The number of morpholine rings is 1. The molecule has 1 fully saturated rings. The van der Waals surface area contributed by atoms with E-state index in [1.54, 1.807) is 10.6 Å². The predicted molar refractivity (Wildman–Crippen MR) is 127 cm³/mol. The van der Waals surface area contributed by atoms with Crippen molar-refractivity contribution in [3.63, 3.8) is 0 Å². The van der Waals surface area contributed by atoms with E-state index >= 15 is 0 Å². The Morgan fingerprint density at radius 1 is 1.24 bits per heavy atom. The SMILES string of the molecule is O=C1CSc2ccc(CNCC3CN(CCn4c(=O)ccc5ncc(F)cc54)CCO3)nc2N1. The lowest BCUT2D eigenvalue weighted by atomic mass is 10.2. The molecule has 0 saturated carbocycles. The minimum Gasteiger partial charge on any atom is -0.374 e. The lowest BCUT2D eigenvalue weighted by Gasteiger charge is -2.33. The van der Waals surface area contributed by atoms with Crippen LogP contribution in [0.25, 0.3) is 11.0 Å². The van der Waals surface area contributed by atoms with Gasteiger partial charge < -0.3 is 19.9 Å². The van der Waals surface area contributed by atoms with Crippen molar-refractivity contribution in [1.29, 1.82) is 0 Å². The minimum atomic E-state index is -0.459. The predicted octanol–water partition coefficient (Wildman–Crippen LogP) is 1.47. The van der Waals surface area contributed by atoms with Crippen LogP contribution in [0.15, 0.2) is 46.2 Å². The summed E-state index contributed by atoms with van der Waals surface area (Å²) in [5.74, 6) is 0.557. The Balaban J connectivity index is 1.14. The molecule has 1 saturated heterocycles. The largest absolute Gasteiger partial charge is 0.374 e. The first kappa shape index (κ1) is 22.9. The molecule has 2 aliphatic heterocycles. The molecule has 3 aromatic heterocycles. The minimum absolute atomic E-state index is 0.00462. The van der Waals surface area contributed by atoms with E-state index in [1.165, 1.54) is 23.9 Å². The third-order valence-electron chi connectivity index (χ3n) is 5.88. The molecule has 2 N–H and O–H groups in total. The van der Waals surface area contributed by atoms with Crippen LogP contribution in [-0.2, 0) is 22.6 Å². The maximum Gasteiger partial charge on any atom is 0.251 e. The van der Waals surface area contributed by atoms with Gasteiger partial charge in [0.15, 0.2) is 0 Å². The molecule has 2 aliphatic rings. The lowest BCUT2D eigenvalue weighted by Crippen LogP contribution is -2.47. The number of ether oxygens (including phenoxy) is 1. The van der Waals surface area contributed by atoms with E-state index in [2.05, 4.69) is 25.5 Å². The number of fused-ring (bicyclic) bond motifs is 2. The van der Waals surface area contributed by atoms with Crippen LogP contribution in [0.3, 0.4) is 0 Å². The number of hydrogen-bond acceptors (Lipinski definition) is 8. The number of nitrogens with zero attached hydrogens (tertiary/aromatic N) is 4. The maximum absolute atomic E-state index is 13.7. The Hall–Kier alpha value is -2.86. The molecular weight excluding hydrogens is 459 g/mol. The van der Waals surface area contributed by atoms with Gasteiger partial charge in [0.2, 0.25) is 5.91 Å². The zero-order chi connectivity index (χ0) is 23.5. The summed E-state index contributed by atoms with van der Waals surface area (Å²) in [7, 11) is 0. The highest BCUT2D eigenvalue weighted by Gasteiger charge is 2.21. The maximum atomic E-state index is 13.7. The highest BCUT2D eigenvalue weighted by molar-refractivity contribution is 8.00. The van der Waals surface area contributed by atoms with Crippen molar-refractivity contribution in [3.05, 3.63) is 58.4 Å². The van der Waals surface area contributed by atoms with Gasteiger partial charge in [-0.3, -0.25) is 19.5 Å². The summed E-state index contributed by atoms with van der Waals surface area (Å²) < 4.78 is 21.2. The molecule has 0 bridgehead atoms. The molecule has 0 radical (unpaired) electrons. The van der Waals surface area contributed by atoms with Crippen molar-refractivity contribution in [2.75, 3.05) is 43.9 Å². The Morgan fingerprint density at radius 3 is 3.06 bits per heavy atom. The van der Waals surface area contributed by atoms with E-state index in [9.17, 15) is 14.0 Å². The van der Waals surface area contributed by atoms with Gasteiger partial charge >= 0.3 is 0 Å². The van der Waals surface area contributed by atoms with Gasteiger partial charge in [0, 0.05) is 51.4 Å². The Kier molecular flexibility index (Phi) is 6.86. The van der Waals surface area contributed by atoms with Crippen LogP contribution in [0.4, 0.5) is 10.2 Å². The van der Waals surface area contributed by atoms with Crippen LogP contribution in [0, 0.1) is 5.82 Å². The fourth-order valence-corrected chi connectivity index (χ4v) is 4.94. The molecule has 11 heteroatoms. The average Bonchev–Trinajstić information content (AvgIpc) is 2.83. The Labute approximate surface area is 199 Å². The van der Waals surface area contributed by atoms with Crippen LogP contribution in [0.1, 0.15) is 5.69 Å². The number of carbonyl (C=O) groups excluding carboxylic acids is 1. The lowest BCUT2D eigenvalue weighted by molar-refractivity contribution is -0.113. The first-order valence-corrected chi connectivity index (χ1v) is 12.2. The second-order valence-electron chi connectivity index (χ2n) is 8.29. The molecule has 3 aromatic rings. The number of halogens is 1. The van der Waals surface area contributed by atoms with Crippen molar-refractivity contribution in [3.8, 4) is 0 Å². The molecule has 0 aromatic carbocycles. The van der Waals surface area contributed by atoms with E-state index in [-0.39, 0.29) is 17.6 Å². The monoisotopic (exact) mass is 484 g/mol. The first-order chi connectivity index (χ1) is 16.5. The van der Waals surface area contributed by atoms with E-state index in [1.807, 2.05) is 12.1 Å². The quantitative estimate of drug-likeness (QED) is 0.520. The van der Waals surface area contributed by atoms with Crippen LogP contribution >= 0.6 is 11.8 Å². The van der Waals surface area contributed by atoms with E-state index in [0.29, 0.717) is 55.4 Å². The topological polar surface area (TPSA) is 101 Å². The molecule has 5 rings (SSSR count). The van der Waals surface area contributed by atoms with Crippen molar-refractivity contribution >= 4 is 34.5 Å². The smallest absolute Gasteiger partial charge is 0.251 e. The number of carbonyl (C=O) groups is 1. The summed E-state index contributed by atoms with van der Waals surface area (Å²) in [6.07, 6.45) is 1.16. The molecule has 1 amide bonds. The summed E-state index contributed by atoms with van der Waals surface area (Å²) >= 11 is 1.49. The van der Waals surface area contributed by atoms with Gasteiger partial charge in [-0.1, -0.05) is 0 Å². The average molecular weight is 485 g/mol. The zero-order valence-electron chi connectivity index (χ0n) is 18.5. The summed E-state index contributed by atoms with van der Waals surface area (Å²) in [6, 6.07) is 8.39. The third-order valence-corrected chi connectivity index (χ3v) is 6.92. The fraction of sp³-hybridized carbons (Fsp3) is 0.391. The normalized spacial score (nSPS) is 18.6. The molecule has 0 aliphatic carbocycles. The van der Waals surface area contributed by atoms with Gasteiger partial charge in [-0.05, 0) is 18.2 Å². The second kappa shape index (κ2) is 10.2. The molecular formula is C23H25FN6O3S. The number of rotatable bonds is 7. The summed E-state index contributed by atoms with van der Waals surface area (Å²) in [5, 5.41) is 6.20. The standard InChI is InChI=1S/C23H25FN6O3S/c24-15-9-19-18(26-10-15)2-4-22(32)30(19)6-5-29-7-8-33-17(13-29)12-25-11-16-1-3-20-23(27-16)28-21(31)14-34-20/h1-4,9-10,17,25H,5-8,11-14H2,(H,27,28,31). The molecule has 1 unspecified atom stereocenters. The summed E-state index contributed by atoms with van der Waals surface area (Å²) in [4.78, 5) is 35.8. The summed E-state index contributed by atoms with van der Waals surface area (Å²) in [5.41, 5.74) is 1.79. The highest BCUT2D eigenvalue weighted by atomic mass is 32.2. The number of nitrogens with one attached hydrogen (secondary N) is 2. The van der Waals surface area contributed by atoms with Gasteiger partial charge in [-0.15, -0.1) is 11.8 Å². The Morgan fingerprint density at radius 2 is 2.15 bits per heavy atom. The van der Waals surface area contributed by atoms with E-state index in [0.717, 1.165) is 29.9 Å². The van der Waals surface area contributed by atoms with Crippen LogP contribution in [-0.4, -0.2) is 70.0 Å². The van der Waals surface area contributed by atoms with Gasteiger partial charge in [0.1, 0.15) is 11.6 Å².